The van der Waals surface area contributed by atoms with Crippen LogP contribution in [0.4, 0.5) is 11.4 Å². The van der Waals surface area contributed by atoms with Crippen molar-refractivity contribution in [3.8, 4) is 5.69 Å². The van der Waals surface area contributed by atoms with Crippen molar-refractivity contribution in [1.82, 2.24) is 9.78 Å². The monoisotopic (exact) mass is 420 g/mol. The number of thioether (sulfide) groups is 1. The van der Waals surface area contributed by atoms with Gasteiger partial charge in [0.15, 0.2) is 0 Å². The van der Waals surface area contributed by atoms with Crippen molar-refractivity contribution < 1.29 is 9.59 Å². The van der Waals surface area contributed by atoms with Gasteiger partial charge in [-0.15, -0.1) is 11.8 Å². The van der Waals surface area contributed by atoms with Gasteiger partial charge in [0.25, 0.3) is 0 Å². The molecule has 1 aromatic heterocycles. The van der Waals surface area contributed by atoms with E-state index in [9.17, 15) is 9.59 Å². The first-order chi connectivity index (χ1) is 14.5. The number of carbonyl (C=O) groups is 2. The molecule has 0 bridgehead atoms. The molecule has 0 radical (unpaired) electrons. The number of hydrogen-bond donors (Lipinski definition) is 1. The second-order valence-corrected chi connectivity index (χ2v) is 8.33. The number of rotatable bonds is 5. The Morgan fingerprint density at radius 1 is 1.13 bits per heavy atom. The number of carbonyl (C=O) groups excluding carboxylic acids is 2. The first-order valence-electron chi connectivity index (χ1n) is 9.84. The van der Waals surface area contributed by atoms with Crippen LogP contribution in [0.25, 0.3) is 5.69 Å². The van der Waals surface area contributed by atoms with Gasteiger partial charge in [-0.2, -0.15) is 5.10 Å². The van der Waals surface area contributed by atoms with Gasteiger partial charge in [0.2, 0.25) is 11.8 Å². The zero-order valence-corrected chi connectivity index (χ0v) is 18.1. The number of benzene rings is 2. The maximum absolute atomic E-state index is 13.0. The van der Waals surface area contributed by atoms with Crippen LogP contribution in [0.3, 0.4) is 0 Å². The van der Waals surface area contributed by atoms with E-state index >= 15 is 0 Å². The van der Waals surface area contributed by atoms with Crippen molar-refractivity contribution in [2.45, 2.75) is 25.2 Å². The maximum Gasteiger partial charge on any atom is 0.229 e. The third-order valence-electron chi connectivity index (χ3n) is 5.28. The van der Waals surface area contributed by atoms with E-state index in [1.807, 2.05) is 79.4 Å². The van der Waals surface area contributed by atoms with Crippen LogP contribution in [0, 0.1) is 19.8 Å². The lowest BCUT2D eigenvalue weighted by Crippen LogP contribution is -2.28. The molecule has 0 saturated carbocycles. The lowest BCUT2D eigenvalue weighted by molar-refractivity contribution is -0.122. The Kier molecular flexibility index (Phi) is 5.63. The minimum atomic E-state index is -0.397. The van der Waals surface area contributed by atoms with Crippen molar-refractivity contribution in [3.05, 3.63) is 66.0 Å². The average Bonchev–Trinajstić information content (AvgIpc) is 3.30. The van der Waals surface area contributed by atoms with Crippen molar-refractivity contribution in [1.29, 1.82) is 0 Å². The molecule has 0 spiro atoms. The topological polar surface area (TPSA) is 67.2 Å². The number of aromatic nitrogens is 2. The highest BCUT2D eigenvalue weighted by molar-refractivity contribution is 7.98. The molecule has 2 aromatic carbocycles. The smallest absolute Gasteiger partial charge is 0.229 e. The quantitative estimate of drug-likeness (QED) is 0.628. The van der Waals surface area contributed by atoms with Gasteiger partial charge in [-0.25, -0.2) is 4.68 Å². The zero-order chi connectivity index (χ0) is 21.3. The number of amides is 2. The Labute approximate surface area is 180 Å². The molecule has 1 saturated heterocycles. The fourth-order valence-corrected chi connectivity index (χ4v) is 4.17. The number of nitrogens with zero attached hydrogens (tertiary/aromatic N) is 3. The molecule has 154 valence electrons. The molecule has 3 aromatic rings. The Morgan fingerprint density at radius 2 is 1.87 bits per heavy atom. The number of anilines is 2. The van der Waals surface area contributed by atoms with E-state index < -0.39 is 5.92 Å². The van der Waals surface area contributed by atoms with Gasteiger partial charge >= 0.3 is 0 Å². The number of aryl methyl sites for hydroxylation is 2. The van der Waals surface area contributed by atoms with E-state index in [1.165, 1.54) is 0 Å². The molecule has 1 aliphatic rings. The zero-order valence-electron chi connectivity index (χ0n) is 17.3. The van der Waals surface area contributed by atoms with Gasteiger partial charge in [-0.05, 0) is 62.6 Å². The molecule has 1 fully saturated rings. The number of nitrogens with one attached hydrogen (secondary N) is 1. The summed E-state index contributed by atoms with van der Waals surface area (Å²) in [6.07, 6.45) is 2.22. The lowest BCUT2D eigenvalue weighted by Gasteiger charge is -2.18. The van der Waals surface area contributed by atoms with Gasteiger partial charge in [-0.3, -0.25) is 9.59 Å². The first-order valence-corrected chi connectivity index (χ1v) is 11.1. The van der Waals surface area contributed by atoms with E-state index in [0.717, 1.165) is 27.7 Å². The summed E-state index contributed by atoms with van der Waals surface area (Å²) in [6.45, 7) is 4.30. The molecule has 4 rings (SSSR count). The largest absolute Gasteiger partial charge is 0.324 e. The van der Waals surface area contributed by atoms with Crippen LogP contribution < -0.4 is 10.2 Å². The minimum absolute atomic E-state index is 0.0288. The van der Waals surface area contributed by atoms with Crippen LogP contribution in [0.2, 0.25) is 0 Å². The van der Waals surface area contributed by atoms with E-state index in [4.69, 9.17) is 0 Å². The minimum Gasteiger partial charge on any atom is -0.324 e. The van der Waals surface area contributed by atoms with Gasteiger partial charge < -0.3 is 10.2 Å². The van der Waals surface area contributed by atoms with Crippen LogP contribution in [0.15, 0.2) is 59.5 Å². The molecule has 1 unspecified atom stereocenters. The molecule has 1 N–H and O–H groups in total. The normalized spacial score (nSPS) is 16.2. The summed E-state index contributed by atoms with van der Waals surface area (Å²) in [5.41, 5.74) is 4.23. The fraction of sp³-hybridized carbons (Fsp3) is 0.261. The highest BCUT2D eigenvalue weighted by atomic mass is 32.2. The van der Waals surface area contributed by atoms with Crippen molar-refractivity contribution in [3.63, 3.8) is 0 Å². The molecule has 2 heterocycles. The molecule has 7 heteroatoms. The number of hydrogen-bond acceptors (Lipinski definition) is 4. The van der Waals surface area contributed by atoms with Crippen LogP contribution in [0.1, 0.15) is 17.8 Å². The summed E-state index contributed by atoms with van der Waals surface area (Å²) in [4.78, 5) is 28.4. The Balaban J connectivity index is 1.51. The van der Waals surface area contributed by atoms with Crippen molar-refractivity contribution in [2.24, 2.45) is 5.92 Å². The summed E-state index contributed by atoms with van der Waals surface area (Å²) in [6, 6.07) is 17.4. The van der Waals surface area contributed by atoms with Gasteiger partial charge in [0.05, 0.1) is 23.0 Å². The van der Waals surface area contributed by atoms with Gasteiger partial charge in [0.1, 0.15) is 0 Å². The standard InChI is InChI=1S/C23H24N4O2S/c1-15-12-16(2)27(25-15)21-7-5-4-6-20(21)24-23(29)17-13-22(28)26(14-17)18-8-10-19(30-3)11-9-18/h4-12,17H,13-14H2,1-3H3,(H,24,29). The Hall–Kier alpha value is -3.06. The van der Waals surface area contributed by atoms with E-state index in [1.54, 1.807) is 16.7 Å². The summed E-state index contributed by atoms with van der Waals surface area (Å²) in [5.74, 6) is -0.578. The SMILES string of the molecule is CSc1ccc(N2CC(C(=O)Nc3ccccc3-n3nc(C)cc3C)CC2=O)cc1. The van der Waals surface area contributed by atoms with Crippen LogP contribution in [0.5, 0.6) is 0 Å². The predicted molar refractivity (Wildman–Crippen MR) is 120 cm³/mol. The summed E-state index contributed by atoms with van der Waals surface area (Å²) in [5, 5.41) is 7.54. The Morgan fingerprint density at radius 3 is 2.53 bits per heavy atom. The molecule has 2 amide bonds. The summed E-state index contributed by atoms with van der Waals surface area (Å²) >= 11 is 1.65. The van der Waals surface area contributed by atoms with Gasteiger partial charge in [-0.1, -0.05) is 12.1 Å². The second kappa shape index (κ2) is 8.36. The fourth-order valence-electron chi connectivity index (χ4n) is 3.77. The van der Waals surface area contributed by atoms with E-state index in [-0.39, 0.29) is 18.2 Å². The molecule has 1 atom stereocenters. The molecule has 6 nitrogen and oxygen atoms in total. The number of para-hydroxylation sites is 2. The van der Waals surface area contributed by atoms with E-state index in [2.05, 4.69) is 10.4 Å². The molecule has 0 aliphatic carbocycles. The molecule has 1 aliphatic heterocycles. The summed E-state index contributed by atoms with van der Waals surface area (Å²) in [7, 11) is 0. The highest BCUT2D eigenvalue weighted by Gasteiger charge is 2.35. The van der Waals surface area contributed by atoms with Crippen LogP contribution in [-0.2, 0) is 9.59 Å². The van der Waals surface area contributed by atoms with Crippen molar-refractivity contribution >= 4 is 35.0 Å². The van der Waals surface area contributed by atoms with Gasteiger partial charge in [0, 0.05) is 29.2 Å². The average molecular weight is 421 g/mol. The lowest BCUT2D eigenvalue weighted by atomic mass is 10.1. The predicted octanol–water partition coefficient (Wildman–Crippen LogP) is 4.20. The maximum atomic E-state index is 13.0. The van der Waals surface area contributed by atoms with Crippen LogP contribution in [-0.4, -0.2) is 34.4 Å². The van der Waals surface area contributed by atoms with Crippen LogP contribution >= 0.6 is 11.8 Å². The molecule has 30 heavy (non-hydrogen) atoms. The third-order valence-corrected chi connectivity index (χ3v) is 6.02. The molecular weight excluding hydrogens is 396 g/mol. The summed E-state index contributed by atoms with van der Waals surface area (Å²) < 4.78 is 1.82. The van der Waals surface area contributed by atoms with E-state index in [0.29, 0.717) is 12.2 Å². The van der Waals surface area contributed by atoms with Crippen molar-refractivity contribution in [2.75, 3.05) is 23.0 Å². The third kappa shape index (κ3) is 3.98. The second-order valence-electron chi connectivity index (χ2n) is 7.45. The Bertz CT molecular complexity index is 1090. The highest BCUT2D eigenvalue weighted by Crippen LogP contribution is 2.29. The molecular formula is C23H24N4O2S. The first kappa shape index (κ1) is 20.2.